The summed E-state index contributed by atoms with van der Waals surface area (Å²) in [4.78, 5) is 17.0. The quantitative estimate of drug-likeness (QED) is 0.768. The van der Waals surface area contributed by atoms with Gasteiger partial charge in [-0.3, -0.25) is 9.78 Å². The lowest BCUT2D eigenvalue weighted by Crippen LogP contribution is -2.24. The van der Waals surface area contributed by atoms with E-state index in [2.05, 4.69) is 10.3 Å². The smallest absolute Gasteiger partial charge is 0.253 e. The van der Waals surface area contributed by atoms with Crippen molar-refractivity contribution in [3.8, 4) is 17.0 Å². The number of nitrogens with one attached hydrogen (secondary N) is 1. The van der Waals surface area contributed by atoms with Gasteiger partial charge in [0.15, 0.2) is 0 Å². The van der Waals surface area contributed by atoms with Crippen LogP contribution < -0.4 is 10.1 Å². The average molecular weight is 332 g/mol. The molecule has 0 fully saturated rings. The number of benzene rings is 2. The standard InChI is InChI=1S/C21H20N2O2/c1-15-19(11-12-20(23-15)17-8-4-3-5-9-17)21(24)22-14-16-7-6-10-18(13-16)25-2/h3-13H,14H2,1-2H3,(H,22,24). The normalized spacial score (nSPS) is 10.3. The zero-order chi connectivity index (χ0) is 17.6. The van der Waals surface area contributed by atoms with E-state index in [9.17, 15) is 4.79 Å². The van der Waals surface area contributed by atoms with Gasteiger partial charge in [0.05, 0.1) is 24.1 Å². The molecule has 2 aromatic carbocycles. The van der Waals surface area contributed by atoms with E-state index in [1.54, 1.807) is 7.11 Å². The largest absolute Gasteiger partial charge is 0.497 e. The number of hydrogen-bond acceptors (Lipinski definition) is 3. The summed E-state index contributed by atoms with van der Waals surface area (Å²) in [7, 11) is 1.63. The van der Waals surface area contributed by atoms with Crippen molar-refractivity contribution in [3.05, 3.63) is 83.6 Å². The van der Waals surface area contributed by atoms with Crippen molar-refractivity contribution < 1.29 is 9.53 Å². The molecule has 3 rings (SSSR count). The number of aromatic nitrogens is 1. The van der Waals surface area contributed by atoms with Crippen LogP contribution in [0.3, 0.4) is 0 Å². The van der Waals surface area contributed by atoms with Crippen LogP contribution in [0.1, 0.15) is 21.6 Å². The van der Waals surface area contributed by atoms with E-state index < -0.39 is 0 Å². The summed E-state index contributed by atoms with van der Waals surface area (Å²) in [6.07, 6.45) is 0. The molecular formula is C21H20N2O2. The molecule has 25 heavy (non-hydrogen) atoms. The van der Waals surface area contributed by atoms with Gasteiger partial charge in [0.2, 0.25) is 0 Å². The minimum absolute atomic E-state index is 0.132. The zero-order valence-electron chi connectivity index (χ0n) is 14.3. The van der Waals surface area contributed by atoms with E-state index in [0.29, 0.717) is 17.8 Å². The van der Waals surface area contributed by atoms with Crippen LogP contribution >= 0.6 is 0 Å². The number of pyridine rings is 1. The molecule has 4 heteroatoms. The van der Waals surface area contributed by atoms with Gasteiger partial charge in [-0.1, -0.05) is 42.5 Å². The summed E-state index contributed by atoms with van der Waals surface area (Å²) < 4.78 is 5.20. The lowest BCUT2D eigenvalue weighted by molar-refractivity contribution is 0.0950. The van der Waals surface area contributed by atoms with E-state index in [1.165, 1.54) is 0 Å². The molecule has 1 N–H and O–H groups in total. The lowest BCUT2D eigenvalue weighted by Gasteiger charge is -2.10. The molecule has 1 amide bonds. The summed E-state index contributed by atoms with van der Waals surface area (Å²) in [5.41, 5.74) is 4.18. The highest BCUT2D eigenvalue weighted by atomic mass is 16.5. The Balaban J connectivity index is 1.72. The number of nitrogens with zero attached hydrogens (tertiary/aromatic N) is 1. The number of hydrogen-bond donors (Lipinski definition) is 1. The van der Waals surface area contributed by atoms with Crippen molar-refractivity contribution in [3.63, 3.8) is 0 Å². The van der Waals surface area contributed by atoms with Gasteiger partial charge in [-0.25, -0.2) is 0 Å². The number of rotatable bonds is 5. The minimum Gasteiger partial charge on any atom is -0.497 e. The summed E-state index contributed by atoms with van der Waals surface area (Å²) in [6, 6.07) is 21.3. The Bertz CT molecular complexity index is 876. The Morgan fingerprint density at radius 2 is 1.84 bits per heavy atom. The number of amides is 1. The molecule has 0 spiro atoms. The predicted molar refractivity (Wildman–Crippen MR) is 98.6 cm³/mol. The van der Waals surface area contributed by atoms with Crippen molar-refractivity contribution in [1.82, 2.24) is 10.3 Å². The fraction of sp³-hybridized carbons (Fsp3) is 0.143. The average Bonchev–Trinajstić information content (AvgIpc) is 2.67. The second kappa shape index (κ2) is 7.62. The second-order valence-electron chi connectivity index (χ2n) is 5.73. The van der Waals surface area contributed by atoms with Gasteiger partial charge in [-0.05, 0) is 36.8 Å². The van der Waals surface area contributed by atoms with Gasteiger partial charge in [-0.15, -0.1) is 0 Å². The summed E-state index contributed by atoms with van der Waals surface area (Å²) >= 11 is 0. The van der Waals surface area contributed by atoms with Crippen molar-refractivity contribution in [2.24, 2.45) is 0 Å². The summed E-state index contributed by atoms with van der Waals surface area (Å²) in [5.74, 6) is 0.643. The first-order valence-corrected chi connectivity index (χ1v) is 8.11. The van der Waals surface area contributed by atoms with Gasteiger partial charge in [0.1, 0.15) is 5.75 Å². The Kier molecular flexibility index (Phi) is 5.09. The van der Waals surface area contributed by atoms with Crippen molar-refractivity contribution in [2.75, 3.05) is 7.11 Å². The molecule has 0 aliphatic heterocycles. The maximum Gasteiger partial charge on any atom is 0.253 e. The molecule has 0 atom stereocenters. The molecule has 1 heterocycles. The van der Waals surface area contributed by atoms with E-state index in [1.807, 2.05) is 73.7 Å². The SMILES string of the molecule is COc1cccc(CNC(=O)c2ccc(-c3ccccc3)nc2C)c1. The molecule has 0 unspecified atom stereocenters. The molecular weight excluding hydrogens is 312 g/mol. The third-order valence-corrected chi connectivity index (χ3v) is 3.99. The molecule has 4 nitrogen and oxygen atoms in total. The number of carbonyl (C=O) groups is 1. The topological polar surface area (TPSA) is 51.2 Å². The molecule has 1 aromatic heterocycles. The molecule has 0 bridgehead atoms. The van der Waals surface area contributed by atoms with Crippen molar-refractivity contribution in [1.29, 1.82) is 0 Å². The van der Waals surface area contributed by atoms with Crippen molar-refractivity contribution >= 4 is 5.91 Å². The van der Waals surface area contributed by atoms with Crippen molar-refractivity contribution in [2.45, 2.75) is 13.5 Å². The van der Waals surface area contributed by atoms with E-state index in [0.717, 1.165) is 22.6 Å². The van der Waals surface area contributed by atoms with Crippen LogP contribution in [0.5, 0.6) is 5.75 Å². The minimum atomic E-state index is -0.132. The Morgan fingerprint density at radius 3 is 2.56 bits per heavy atom. The Morgan fingerprint density at radius 1 is 1.04 bits per heavy atom. The fourth-order valence-corrected chi connectivity index (χ4v) is 2.63. The van der Waals surface area contributed by atoms with E-state index in [4.69, 9.17) is 4.74 Å². The molecule has 0 saturated carbocycles. The number of methoxy groups -OCH3 is 1. The number of aryl methyl sites for hydroxylation is 1. The highest BCUT2D eigenvalue weighted by molar-refractivity contribution is 5.95. The first-order valence-electron chi connectivity index (χ1n) is 8.11. The monoisotopic (exact) mass is 332 g/mol. The number of ether oxygens (including phenoxy) is 1. The van der Waals surface area contributed by atoms with Crippen LogP contribution in [-0.2, 0) is 6.54 Å². The van der Waals surface area contributed by atoms with Crippen LogP contribution in [0.4, 0.5) is 0 Å². The molecule has 3 aromatic rings. The predicted octanol–water partition coefficient (Wildman–Crippen LogP) is 4.00. The van der Waals surface area contributed by atoms with Gasteiger partial charge < -0.3 is 10.1 Å². The third-order valence-electron chi connectivity index (χ3n) is 3.99. The molecule has 0 aliphatic carbocycles. The third kappa shape index (κ3) is 4.04. The molecule has 0 saturated heterocycles. The van der Waals surface area contributed by atoms with Crippen LogP contribution in [-0.4, -0.2) is 18.0 Å². The molecule has 126 valence electrons. The Hall–Kier alpha value is -3.14. The van der Waals surface area contributed by atoms with Crippen LogP contribution in [0.15, 0.2) is 66.7 Å². The summed E-state index contributed by atoms with van der Waals surface area (Å²) in [5, 5.41) is 2.93. The van der Waals surface area contributed by atoms with E-state index in [-0.39, 0.29) is 5.91 Å². The number of carbonyl (C=O) groups excluding carboxylic acids is 1. The first-order chi connectivity index (χ1) is 12.2. The molecule has 0 aliphatic rings. The first kappa shape index (κ1) is 16.7. The van der Waals surface area contributed by atoms with Gasteiger partial charge >= 0.3 is 0 Å². The maximum absolute atomic E-state index is 12.5. The fourth-order valence-electron chi connectivity index (χ4n) is 2.63. The van der Waals surface area contributed by atoms with Crippen LogP contribution in [0, 0.1) is 6.92 Å². The summed E-state index contributed by atoms with van der Waals surface area (Å²) in [6.45, 7) is 2.29. The van der Waals surface area contributed by atoms with E-state index >= 15 is 0 Å². The highest BCUT2D eigenvalue weighted by Gasteiger charge is 2.11. The Labute approximate surface area is 147 Å². The van der Waals surface area contributed by atoms with Crippen LogP contribution in [0.2, 0.25) is 0 Å². The van der Waals surface area contributed by atoms with Gasteiger partial charge in [-0.2, -0.15) is 0 Å². The maximum atomic E-state index is 12.5. The zero-order valence-corrected chi connectivity index (χ0v) is 14.3. The highest BCUT2D eigenvalue weighted by Crippen LogP contribution is 2.19. The molecule has 0 radical (unpaired) electrons. The van der Waals surface area contributed by atoms with Gasteiger partial charge in [0, 0.05) is 12.1 Å². The van der Waals surface area contributed by atoms with Gasteiger partial charge in [0.25, 0.3) is 5.91 Å². The second-order valence-corrected chi connectivity index (χ2v) is 5.73. The lowest BCUT2D eigenvalue weighted by atomic mass is 10.1. The van der Waals surface area contributed by atoms with Crippen LogP contribution in [0.25, 0.3) is 11.3 Å².